The minimum absolute atomic E-state index is 0.349. The Bertz CT molecular complexity index is 573. The first kappa shape index (κ1) is 12.6. The van der Waals surface area contributed by atoms with Crippen LogP contribution in [0.2, 0.25) is 0 Å². The minimum Gasteiger partial charge on any atom is -0.256 e. The molecule has 1 aromatic heterocycles. The van der Waals surface area contributed by atoms with Crippen molar-refractivity contribution in [3.05, 3.63) is 53.2 Å². The van der Waals surface area contributed by atoms with Crippen molar-refractivity contribution in [2.45, 2.75) is 20.0 Å². The van der Waals surface area contributed by atoms with Gasteiger partial charge in [0.2, 0.25) is 0 Å². The zero-order valence-electron chi connectivity index (χ0n) is 10.0. The Morgan fingerprint density at radius 2 is 1.72 bits per heavy atom. The zero-order valence-corrected chi connectivity index (χ0v) is 10.0. The molecule has 0 saturated heterocycles. The molecule has 0 radical (unpaired) electrons. The molecule has 0 fully saturated rings. The molecule has 0 amide bonds. The van der Waals surface area contributed by atoms with Gasteiger partial charge < -0.3 is 0 Å². The second kappa shape index (κ2) is 4.44. The molecule has 94 valence electrons. The molecule has 0 N–H and O–H groups in total. The topological polar surface area (TPSA) is 12.9 Å². The van der Waals surface area contributed by atoms with Crippen LogP contribution in [0.25, 0.3) is 11.3 Å². The SMILES string of the molecule is Cc1ccc(-c2cc(C(F)(F)F)ccn2)c(C)c1. The lowest BCUT2D eigenvalue weighted by Gasteiger charge is -2.10. The molecule has 0 aliphatic rings. The number of aryl methyl sites for hydroxylation is 2. The molecule has 0 spiro atoms. The summed E-state index contributed by atoms with van der Waals surface area (Å²) in [6, 6.07) is 7.65. The number of nitrogens with zero attached hydrogens (tertiary/aromatic N) is 1. The van der Waals surface area contributed by atoms with Crippen molar-refractivity contribution in [1.29, 1.82) is 0 Å². The van der Waals surface area contributed by atoms with Gasteiger partial charge in [0, 0.05) is 11.8 Å². The van der Waals surface area contributed by atoms with Gasteiger partial charge in [0.05, 0.1) is 11.3 Å². The largest absolute Gasteiger partial charge is 0.416 e. The number of pyridine rings is 1. The Kier molecular flexibility index (Phi) is 3.11. The molecule has 0 unspecified atom stereocenters. The van der Waals surface area contributed by atoms with Crippen LogP contribution in [-0.4, -0.2) is 4.98 Å². The summed E-state index contributed by atoms with van der Waals surface area (Å²) in [5.41, 5.74) is 2.39. The minimum atomic E-state index is -4.34. The number of aromatic nitrogens is 1. The number of benzene rings is 1. The molecule has 18 heavy (non-hydrogen) atoms. The number of rotatable bonds is 1. The average molecular weight is 251 g/mol. The van der Waals surface area contributed by atoms with Gasteiger partial charge in [-0.05, 0) is 31.5 Å². The summed E-state index contributed by atoms with van der Waals surface area (Å²) in [4.78, 5) is 4.01. The Labute approximate surface area is 103 Å². The van der Waals surface area contributed by atoms with Crippen molar-refractivity contribution in [2.75, 3.05) is 0 Å². The molecule has 0 aliphatic carbocycles. The first-order valence-corrected chi connectivity index (χ1v) is 5.49. The molecule has 1 nitrogen and oxygen atoms in total. The lowest BCUT2D eigenvalue weighted by molar-refractivity contribution is -0.137. The van der Waals surface area contributed by atoms with Crippen LogP contribution in [0.3, 0.4) is 0 Å². The monoisotopic (exact) mass is 251 g/mol. The average Bonchev–Trinajstić information content (AvgIpc) is 2.28. The normalized spacial score (nSPS) is 11.6. The number of alkyl halides is 3. The van der Waals surface area contributed by atoms with Crippen molar-refractivity contribution >= 4 is 0 Å². The van der Waals surface area contributed by atoms with Crippen LogP contribution < -0.4 is 0 Å². The Hall–Kier alpha value is -1.84. The van der Waals surface area contributed by atoms with E-state index in [0.29, 0.717) is 5.69 Å². The molecule has 2 rings (SSSR count). The lowest BCUT2D eigenvalue weighted by atomic mass is 10.0. The van der Waals surface area contributed by atoms with Crippen molar-refractivity contribution < 1.29 is 13.2 Å². The van der Waals surface area contributed by atoms with Crippen molar-refractivity contribution in [1.82, 2.24) is 4.98 Å². The predicted octanol–water partition coefficient (Wildman–Crippen LogP) is 4.38. The summed E-state index contributed by atoms with van der Waals surface area (Å²) in [5.74, 6) is 0. The quantitative estimate of drug-likeness (QED) is 0.732. The van der Waals surface area contributed by atoms with Crippen LogP contribution in [-0.2, 0) is 6.18 Å². The lowest BCUT2D eigenvalue weighted by Crippen LogP contribution is -2.05. The standard InChI is InChI=1S/C14H12F3N/c1-9-3-4-12(10(2)7-9)13-8-11(5-6-18-13)14(15,16)17/h3-8H,1-2H3. The summed E-state index contributed by atoms with van der Waals surface area (Å²) in [5, 5.41) is 0. The van der Waals surface area contributed by atoms with Gasteiger partial charge in [0.15, 0.2) is 0 Å². The second-order valence-corrected chi connectivity index (χ2v) is 4.25. The zero-order chi connectivity index (χ0) is 13.3. The van der Waals surface area contributed by atoms with Crippen LogP contribution in [0, 0.1) is 13.8 Å². The van der Waals surface area contributed by atoms with Gasteiger partial charge in [-0.1, -0.05) is 23.8 Å². The van der Waals surface area contributed by atoms with Gasteiger partial charge in [0.1, 0.15) is 0 Å². The first-order valence-electron chi connectivity index (χ1n) is 5.49. The van der Waals surface area contributed by atoms with Gasteiger partial charge in [-0.3, -0.25) is 4.98 Å². The van der Waals surface area contributed by atoms with E-state index in [2.05, 4.69) is 4.98 Å². The van der Waals surface area contributed by atoms with Gasteiger partial charge in [0.25, 0.3) is 0 Å². The van der Waals surface area contributed by atoms with Crippen molar-refractivity contribution in [3.63, 3.8) is 0 Å². The van der Waals surface area contributed by atoms with Crippen LogP contribution >= 0.6 is 0 Å². The molecule has 2 aromatic rings. The smallest absolute Gasteiger partial charge is 0.256 e. The first-order chi connectivity index (χ1) is 8.38. The highest BCUT2D eigenvalue weighted by atomic mass is 19.4. The van der Waals surface area contributed by atoms with E-state index >= 15 is 0 Å². The van der Waals surface area contributed by atoms with E-state index in [9.17, 15) is 13.2 Å². The maximum atomic E-state index is 12.6. The van der Waals surface area contributed by atoms with E-state index in [4.69, 9.17) is 0 Å². The fourth-order valence-electron chi connectivity index (χ4n) is 1.86. The van der Waals surface area contributed by atoms with Crippen LogP contribution in [0.5, 0.6) is 0 Å². The van der Waals surface area contributed by atoms with Crippen LogP contribution in [0.4, 0.5) is 13.2 Å². The van der Waals surface area contributed by atoms with Crippen LogP contribution in [0.1, 0.15) is 16.7 Å². The highest BCUT2D eigenvalue weighted by Gasteiger charge is 2.30. The van der Waals surface area contributed by atoms with E-state index in [1.54, 1.807) is 6.07 Å². The Balaban J connectivity index is 2.51. The molecule has 1 heterocycles. The van der Waals surface area contributed by atoms with Gasteiger partial charge in [-0.2, -0.15) is 13.2 Å². The molecule has 0 bridgehead atoms. The number of halogens is 3. The summed E-state index contributed by atoms with van der Waals surface area (Å²) in [6.07, 6.45) is -3.15. The fraction of sp³-hybridized carbons (Fsp3) is 0.214. The summed E-state index contributed by atoms with van der Waals surface area (Å²) < 4.78 is 37.9. The highest BCUT2D eigenvalue weighted by molar-refractivity contribution is 5.64. The Morgan fingerprint density at radius 1 is 1.00 bits per heavy atom. The third kappa shape index (κ3) is 2.53. The van der Waals surface area contributed by atoms with Gasteiger partial charge in [-0.15, -0.1) is 0 Å². The van der Waals surface area contributed by atoms with Gasteiger partial charge >= 0.3 is 6.18 Å². The van der Waals surface area contributed by atoms with E-state index < -0.39 is 11.7 Å². The number of hydrogen-bond acceptors (Lipinski definition) is 1. The van der Waals surface area contributed by atoms with Gasteiger partial charge in [-0.25, -0.2) is 0 Å². The van der Waals surface area contributed by atoms with Crippen molar-refractivity contribution in [3.8, 4) is 11.3 Å². The van der Waals surface area contributed by atoms with E-state index in [0.717, 1.165) is 28.8 Å². The van der Waals surface area contributed by atoms with E-state index in [1.165, 1.54) is 6.20 Å². The molecular weight excluding hydrogens is 239 g/mol. The third-order valence-corrected chi connectivity index (χ3v) is 2.75. The molecule has 4 heteroatoms. The molecule has 0 saturated carbocycles. The second-order valence-electron chi connectivity index (χ2n) is 4.25. The molecule has 0 aliphatic heterocycles. The molecular formula is C14H12F3N. The molecule has 1 aromatic carbocycles. The summed E-state index contributed by atoms with van der Waals surface area (Å²) in [6.45, 7) is 3.81. The maximum Gasteiger partial charge on any atom is 0.416 e. The molecule has 0 atom stereocenters. The fourth-order valence-corrected chi connectivity index (χ4v) is 1.86. The number of hydrogen-bond donors (Lipinski definition) is 0. The van der Waals surface area contributed by atoms with Crippen LogP contribution in [0.15, 0.2) is 36.5 Å². The predicted molar refractivity (Wildman–Crippen MR) is 64.1 cm³/mol. The summed E-state index contributed by atoms with van der Waals surface area (Å²) >= 11 is 0. The van der Waals surface area contributed by atoms with Crippen molar-refractivity contribution in [2.24, 2.45) is 0 Å². The van der Waals surface area contributed by atoms with E-state index in [1.807, 2.05) is 26.0 Å². The third-order valence-electron chi connectivity index (χ3n) is 2.75. The highest BCUT2D eigenvalue weighted by Crippen LogP contribution is 2.32. The Morgan fingerprint density at radius 3 is 2.33 bits per heavy atom. The van der Waals surface area contributed by atoms with E-state index in [-0.39, 0.29) is 0 Å². The summed E-state index contributed by atoms with van der Waals surface area (Å²) in [7, 11) is 0. The maximum absolute atomic E-state index is 12.6.